The molecule has 0 atom stereocenters. The van der Waals surface area contributed by atoms with Crippen LogP contribution in [-0.4, -0.2) is 37.7 Å². The molecule has 0 aliphatic carbocycles. The first kappa shape index (κ1) is 28.6. The van der Waals surface area contributed by atoms with Gasteiger partial charge in [-0.2, -0.15) is 13.2 Å². The molecule has 0 spiro atoms. The van der Waals surface area contributed by atoms with Gasteiger partial charge in [0.05, 0.1) is 11.8 Å². The first-order chi connectivity index (χ1) is 18.0. The Hall–Kier alpha value is -3.97. The summed E-state index contributed by atoms with van der Waals surface area (Å²) in [6.07, 6.45) is -2.14. The maximum absolute atomic E-state index is 13.1. The molecule has 200 valence electrons. The first-order valence-corrected chi connectivity index (χ1v) is 12.0. The molecule has 13 heteroatoms. The van der Waals surface area contributed by atoms with Crippen LogP contribution in [0.5, 0.6) is 11.5 Å². The Morgan fingerprint density at radius 3 is 2.50 bits per heavy atom. The lowest BCUT2D eigenvalue weighted by molar-refractivity contribution is -0.141. The summed E-state index contributed by atoms with van der Waals surface area (Å²) < 4.78 is 44.0. The maximum Gasteiger partial charge on any atom is 0.433 e. The number of nitrogens with two attached hydrogens (primary N) is 1. The van der Waals surface area contributed by atoms with E-state index in [-0.39, 0.29) is 48.0 Å². The number of alkyl halides is 3. The molecule has 0 unspecified atom stereocenters. The Morgan fingerprint density at radius 1 is 1.13 bits per heavy atom. The molecule has 2 aromatic heterocycles. The molecule has 2 heterocycles. The predicted octanol–water partition coefficient (Wildman–Crippen LogP) is 4.42. The molecule has 3 rings (SSSR count). The van der Waals surface area contributed by atoms with Crippen molar-refractivity contribution in [3.8, 4) is 11.5 Å². The summed E-state index contributed by atoms with van der Waals surface area (Å²) in [6.45, 7) is 2.95. The third kappa shape index (κ3) is 7.52. The SMILES string of the molecule is C/C(C(=O)NCc1cnc(C)nc1N)=C(\CCO)SC(=O)c1ccccc1Oc1ccc(C(F)(F)F)nc1. The highest BCUT2D eigenvalue weighted by molar-refractivity contribution is 8.17. The number of halogens is 3. The summed E-state index contributed by atoms with van der Waals surface area (Å²) in [5, 5.41) is 11.7. The summed E-state index contributed by atoms with van der Waals surface area (Å²) in [7, 11) is 0. The highest BCUT2D eigenvalue weighted by Crippen LogP contribution is 2.34. The van der Waals surface area contributed by atoms with Gasteiger partial charge in [-0.05, 0) is 38.1 Å². The van der Waals surface area contributed by atoms with Gasteiger partial charge in [0.25, 0.3) is 0 Å². The van der Waals surface area contributed by atoms with E-state index < -0.39 is 22.9 Å². The van der Waals surface area contributed by atoms with Crippen LogP contribution in [0.1, 0.15) is 40.8 Å². The number of aliphatic hydroxyl groups excluding tert-OH is 1. The Kier molecular flexibility index (Phi) is 9.42. The van der Waals surface area contributed by atoms with Gasteiger partial charge in [0.15, 0.2) is 0 Å². The number of nitrogens with zero attached hydrogens (tertiary/aromatic N) is 3. The second-order valence-electron chi connectivity index (χ2n) is 7.90. The number of carbonyl (C=O) groups is 2. The number of hydrogen-bond acceptors (Lipinski definition) is 9. The number of aliphatic hydroxyl groups is 1. The van der Waals surface area contributed by atoms with E-state index in [1.807, 2.05) is 0 Å². The van der Waals surface area contributed by atoms with E-state index in [0.29, 0.717) is 16.3 Å². The number of para-hydroxylation sites is 1. The molecule has 0 saturated carbocycles. The van der Waals surface area contributed by atoms with Crippen LogP contribution in [-0.2, 0) is 17.5 Å². The quantitative estimate of drug-likeness (QED) is 0.332. The number of ether oxygens (including phenoxy) is 1. The predicted molar refractivity (Wildman–Crippen MR) is 135 cm³/mol. The number of rotatable bonds is 9. The molecule has 0 radical (unpaired) electrons. The fourth-order valence-electron chi connectivity index (χ4n) is 3.13. The third-order valence-electron chi connectivity index (χ3n) is 5.13. The van der Waals surface area contributed by atoms with Crippen molar-refractivity contribution < 1.29 is 32.6 Å². The molecular formula is C25H24F3N5O4S. The fraction of sp³-hybridized carbons (Fsp3) is 0.240. The number of hydrogen-bond donors (Lipinski definition) is 3. The van der Waals surface area contributed by atoms with E-state index >= 15 is 0 Å². The van der Waals surface area contributed by atoms with Crippen molar-refractivity contribution in [3.63, 3.8) is 0 Å². The number of carbonyl (C=O) groups excluding carboxylic acids is 2. The van der Waals surface area contributed by atoms with Gasteiger partial charge >= 0.3 is 6.18 Å². The van der Waals surface area contributed by atoms with Gasteiger partial charge in [-0.25, -0.2) is 15.0 Å². The number of anilines is 1. The number of pyridine rings is 1. The number of nitrogen functional groups attached to an aromatic ring is 1. The van der Waals surface area contributed by atoms with Crippen molar-refractivity contribution in [3.05, 3.63) is 81.9 Å². The smallest absolute Gasteiger partial charge is 0.433 e. The van der Waals surface area contributed by atoms with Gasteiger partial charge in [-0.15, -0.1) is 0 Å². The third-order valence-corrected chi connectivity index (χ3v) is 6.30. The molecule has 4 N–H and O–H groups in total. The Labute approximate surface area is 220 Å². The van der Waals surface area contributed by atoms with Gasteiger partial charge in [0.1, 0.15) is 28.8 Å². The van der Waals surface area contributed by atoms with Crippen LogP contribution in [0.3, 0.4) is 0 Å². The highest BCUT2D eigenvalue weighted by Gasteiger charge is 2.32. The van der Waals surface area contributed by atoms with Crippen LogP contribution < -0.4 is 15.8 Å². The van der Waals surface area contributed by atoms with Gasteiger partial charge < -0.3 is 20.9 Å². The average Bonchev–Trinajstić information content (AvgIpc) is 2.87. The van der Waals surface area contributed by atoms with Crippen LogP contribution in [0.25, 0.3) is 0 Å². The second-order valence-corrected chi connectivity index (χ2v) is 8.96. The molecule has 1 amide bonds. The number of aromatic nitrogens is 3. The summed E-state index contributed by atoms with van der Waals surface area (Å²) in [5.74, 6) is 0.345. The molecule has 0 fully saturated rings. The summed E-state index contributed by atoms with van der Waals surface area (Å²) in [4.78, 5) is 37.7. The minimum Gasteiger partial charge on any atom is -0.455 e. The van der Waals surface area contributed by atoms with E-state index in [1.165, 1.54) is 25.3 Å². The van der Waals surface area contributed by atoms with E-state index in [9.17, 15) is 27.9 Å². The molecule has 0 aliphatic rings. The van der Waals surface area contributed by atoms with Crippen molar-refractivity contribution in [2.75, 3.05) is 12.3 Å². The molecular weight excluding hydrogens is 523 g/mol. The van der Waals surface area contributed by atoms with Gasteiger partial charge in [-0.1, -0.05) is 23.9 Å². The van der Waals surface area contributed by atoms with E-state index in [0.717, 1.165) is 30.1 Å². The first-order valence-electron chi connectivity index (χ1n) is 11.2. The van der Waals surface area contributed by atoms with E-state index in [1.54, 1.807) is 19.1 Å². The standard InChI is InChI=1S/C25H24F3N5O4S/c1-14(23(35)32-12-16-11-30-15(2)33-22(16)29)20(9-10-34)38-24(36)18-5-3-4-6-19(18)37-17-7-8-21(31-13-17)25(26,27)28/h3-8,11,13,34H,9-10,12H2,1-2H3,(H,32,35)(H2,29,30,33)/b20-14-. The lowest BCUT2D eigenvalue weighted by atomic mass is 10.2. The second kappa shape index (κ2) is 12.5. The molecule has 9 nitrogen and oxygen atoms in total. The van der Waals surface area contributed by atoms with Crippen LogP contribution >= 0.6 is 11.8 Å². The van der Waals surface area contributed by atoms with Crippen LogP contribution in [0.2, 0.25) is 0 Å². The molecule has 0 aliphatic heterocycles. The molecule has 0 bridgehead atoms. The van der Waals surface area contributed by atoms with Crippen molar-refractivity contribution in [1.82, 2.24) is 20.3 Å². The lowest BCUT2D eigenvalue weighted by Crippen LogP contribution is -2.25. The molecule has 38 heavy (non-hydrogen) atoms. The molecule has 1 aromatic carbocycles. The Morgan fingerprint density at radius 2 is 1.87 bits per heavy atom. The lowest BCUT2D eigenvalue weighted by Gasteiger charge is -2.14. The van der Waals surface area contributed by atoms with Crippen molar-refractivity contribution in [2.24, 2.45) is 0 Å². The Balaban J connectivity index is 1.76. The number of aryl methyl sites for hydroxylation is 1. The van der Waals surface area contributed by atoms with Crippen LogP contribution in [0.4, 0.5) is 19.0 Å². The van der Waals surface area contributed by atoms with Crippen molar-refractivity contribution >= 4 is 28.6 Å². The van der Waals surface area contributed by atoms with Gasteiger partial charge in [0, 0.05) is 41.8 Å². The number of amides is 1. The topological polar surface area (TPSA) is 140 Å². The summed E-state index contributed by atoms with van der Waals surface area (Å²) in [6, 6.07) is 8.02. The number of thioether (sulfide) groups is 1. The summed E-state index contributed by atoms with van der Waals surface area (Å²) in [5.41, 5.74) is 5.64. The van der Waals surface area contributed by atoms with Crippen LogP contribution in [0, 0.1) is 6.92 Å². The molecule has 3 aromatic rings. The largest absolute Gasteiger partial charge is 0.455 e. The minimum absolute atomic E-state index is 0.00397. The number of nitrogens with one attached hydrogen (secondary N) is 1. The van der Waals surface area contributed by atoms with Gasteiger partial charge in [-0.3, -0.25) is 9.59 Å². The zero-order valence-electron chi connectivity index (χ0n) is 20.4. The van der Waals surface area contributed by atoms with Crippen LogP contribution in [0.15, 0.2) is 59.3 Å². The van der Waals surface area contributed by atoms with Crippen molar-refractivity contribution in [2.45, 2.75) is 33.0 Å². The van der Waals surface area contributed by atoms with E-state index in [4.69, 9.17) is 10.5 Å². The summed E-state index contributed by atoms with van der Waals surface area (Å²) >= 11 is 0.742. The Bertz CT molecular complexity index is 1350. The molecule has 0 saturated heterocycles. The monoisotopic (exact) mass is 547 g/mol. The van der Waals surface area contributed by atoms with Crippen molar-refractivity contribution in [1.29, 1.82) is 0 Å². The number of benzene rings is 1. The van der Waals surface area contributed by atoms with E-state index in [2.05, 4.69) is 20.3 Å². The minimum atomic E-state index is -4.59. The highest BCUT2D eigenvalue weighted by atomic mass is 32.2. The zero-order chi connectivity index (χ0) is 27.9. The average molecular weight is 548 g/mol. The normalized spacial score (nSPS) is 12.1. The van der Waals surface area contributed by atoms with Gasteiger partial charge in [0.2, 0.25) is 11.0 Å². The maximum atomic E-state index is 13.1. The zero-order valence-corrected chi connectivity index (χ0v) is 21.2. The fourth-order valence-corrected chi connectivity index (χ4v) is 4.07.